The zero-order valence-corrected chi connectivity index (χ0v) is 15.4. The fourth-order valence-electron chi connectivity index (χ4n) is 2.40. The summed E-state index contributed by atoms with van der Waals surface area (Å²) in [6.45, 7) is 4.58. The van der Waals surface area contributed by atoms with Crippen molar-refractivity contribution >= 4 is 23.2 Å². The van der Waals surface area contributed by atoms with Gasteiger partial charge in [-0.1, -0.05) is 18.2 Å². The number of aryl methyl sites for hydroxylation is 2. The molecule has 1 aromatic carbocycles. The topological polar surface area (TPSA) is 67.2 Å². The van der Waals surface area contributed by atoms with Crippen LogP contribution in [0.15, 0.2) is 59.3 Å². The number of aromatic nitrogens is 1. The van der Waals surface area contributed by atoms with Gasteiger partial charge in [-0.2, -0.15) is 0 Å². The molecule has 3 rings (SSSR count). The molecule has 0 radical (unpaired) electrons. The number of pyridine rings is 1. The second kappa shape index (κ2) is 7.93. The number of thiocarbonyl (C=S) groups is 1. The molecule has 0 spiro atoms. The monoisotopic (exact) mass is 365 g/mol. The molecule has 2 aromatic heterocycles. The van der Waals surface area contributed by atoms with Crippen molar-refractivity contribution in [2.45, 2.75) is 20.4 Å². The van der Waals surface area contributed by atoms with Crippen LogP contribution in [-0.2, 0) is 6.54 Å². The normalized spacial score (nSPS) is 10.4. The number of nitrogens with one attached hydrogen (secondary N) is 2. The van der Waals surface area contributed by atoms with Crippen LogP contribution in [0, 0.1) is 13.8 Å². The Morgan fingerprint density at radius 3 is 2.73 bits per heavy atom. The number of nitrogens with zero attached hydrogens (tertiary/aromatic N) is 1. The van der Waals surface area contributed by atoms with Crippen molar-refractivity contribution in [3.63, 3.8) is 0 Å². The Bertz CT molecular complexity index is 935. The maximum atomic E-state index is 12.3. The van der Waals surface area contributed by atoms with Gasteiger partial charge in [-0.25, -0.2) is 0 Å². The number of carbonyl (C=O) groups is 1. The minimum atomic E-state index is -0.385. The summed E-state index contributed by atoms with van der Waals surface area (Å²) in [5.74, 6) is 0.472. The Balaban J connectivity index is 1.60. The van der Waals surface area contributed by atoms with Crippen molar-refractivity contribution in [1.29, 1.82) is 0 Å². The predicted octanol–water partition coefficient (Wildman–Crippen LogP) is 3.76. The van der Waals surface area contributed by atoms with E-state index in [4.69, 9.17) is 16.6 Å². The van der Waals surface area contributed by atoms with Crippen LogP contribution < -0.4 is 10.6 Å². The molecule has 0 aliphatic rings. The molecule has 0 aliphatic heterocycles. The summed E-state index contributed by atoms with van der Waals surface area (Å²) in [6.07, 6.45) is 3.44. The Morgan fingerprint density at radius 2 is 2.00 bits per heavy atom. The lowest BCUT2D eigenvalue weighted by Crippen LogP contribution is -2.38. The summed E-state index contributed by atoms with van der Waals surface area (Å²) in [5.41, 5.74) is 4.29. The van der Waals surface area contributed by atoms with Crippen LogP contribution in [0.5, 0.6) is 0 Å². The van der Waals surface area contributed by atoms with Crippen LogP contribution in [0.25, 0.3) is 11.3 Å². The Kier molecular flexibility index (Phi) is 5.43. The molecular weight excluding hydrogens is 346 g/mol. The van der Waals surface area contributed by atoms with Crippen molar-refractivity contribution in [1.82, 2.24) is 15.6 Å². The van der Waals surface area contributed by atoms with Crippen LogP contribution in [0.4, 0.5) is 0 Å². The van der Waals surface area contributed by atoms with Crippen LogP contribution in [0.1, 0.15) is 27.2 Å². The van der Waals surface area contributed by atoms with E-state index in [1.54, 1.807) is 24.5 Å². The van der Waals surface area contributed by atoms with E-state index in [9.17, 15) is 4.79 Å². The highest BCUT2D eigenvalue weighted by Gasteiger charge is 2.14. The van der Waals surface area contributed by atoms with E-state index in [1.807, 2.05) is 37.3 Å². The van der Waals surface area contributed by atoms with Crippen molar-refractivity contribution in [3.05, 3.63) is 77.3 Å². The maximum Gasteiger partial charge on any atom is 0.293 e. The highest BCUT2D eigenvalue weighted by molar-refractivity contribution is 7.80. The molecule has 132 valence electrons. The largest absolute Gasteiger partial charge is 0.451 e. The zero-order chi connectivity index (χ0) is 18.5. The zero-order valence-electron chi connectivity index (χ0n) is 14.6. The van der Waals surface area contributed by atoms with E-state index in [0.717, 1.165) is 11.1 Å². The lowest BCUT2D eigenvalue weighted by molar-refractivity contribution is 0.0950. The average molecular weight is 365 g/mol. The van der Waals surface area contributed by atoms with E-state index in [1.165, 1.54) is 11.1 Å². The predicted molar refractivity (Wildman–Crippen MR) is 105 cm³/mol. The lowest BCUT2D eigenvalue weighted by atomic mass is 10.1. The van der Waals surface area contributed by atoms with Crippen molar-refractivity contribution in [2.75, 3.05) is 0 Å². The summed E-state index contributed by atoms with van der Waals surface area (Å²) in [6, 6.07) is 13.2. The van der Waals surface area contributed by atoms with Gasteiger partial charge in [-0.05, 0) is 67.0 Å². The van der Waals surface area contributed by atoms with Gasteiger partial charge in [-0.15, -0.1) is 0 Å². The van der Waals surface area contributed by atoms with E-state index in [-0.39, 0.29) is 16.8 Å². The highest BCUT2D eigenvalue weighted by atomic mass is 32.1. The molecular formula is C20H19N3O2S. The lowest BCUT2D eigenvalue weighted by Gasteiger charge is -2.08. The van der Waals surface area contributed by atoms with Gasteiger partial charge >= 0.3 is 0 Å². The number of carbonyl (C=O) groups excluding carboxylic acids is 1. The van der Waals surface area contributed by atoms with E-state index < -0.39 is 0 Å². The Morgan fingerprint density at radius 1 is 1.15 bits per heavy atom. The molecule has 0 saturated carbocycles. The smallest absolute Gasteiger partial charge is 0.293 e. The number of hydrogen-bond donors (Lipinski definition) is 2. The number of amides is 1. The first-order chi connectivity index (χ1) is 12.5. The molecule has 0 atom stereocenters. The minimum absolute atomic E-state index is 0.212. The quantitative estimate of drug-likeness (QED) is 0.689. The molecule has 0 unspecified atom stereocenters. The number of benzene rings is 1. The summed E-state index contributed by atoms with van der Waals surface area (Å²) in [7, 11) is 0. The molecule has 1 amide bonds. The van der Waals surface area contributed by atoms with E-state index in [2.05, 4.69) is 22.5 Å². The minimum Gasteiger partial charge on any atom is -0.451 e. The van der Waals surface area contributed by atoms with Gasteiger partial charge in [0.05, 0.1) is 0 Å². The first-order valence-electron chi connectivity index (χ1n) is 8.18. The van der Waals surface area contributed by atoms with Crippen LogP contribution in [0.3, 0.4) is 0 Å². The summed E-state index contributed by atoms with van der Waals surface area (Å²) in [5, 5.41) is 5.83. The van der Waals surface area contributed by atoms with Gasteiger partial charge in [0.1, 0.15) is 5.76 Å². The van der Waals surface area contributed by atoms with Crippen molar-refractivity contribution in [2.24, 2.45) is 0 Å². The maximum absolute atomic E-state index is 12.3. The van der Waals surface area contributed by atoms with Gasteiger partial charge in [0.2, 0.25) is 0 Å². The fourth-order valence-corrected chi connectivity index (χ4v) is 2.57. The van der Waals surface area contributed by atoms with Crippen LogP contribution in [-0.4, -0.2) is 16.0 Å². The number of rotatable bonds is 4. The highest BCUT2D eigenvalue weighted by Crippen LogP contribution is 2.24. The average Bonchev–Trinajstić information content (AvgIpc) is 3.13. The SMILES string of the molecule is Cc1ccc(-c2ccc(C(=O)NC(=S)NCc3cccnc3)o2)cc1C. The molecule has 6 heteroatoms. The van der Waals surface area contributed by atoms with Gasteiger partial charge < -0.3 is 9.73 Å². The third-order valence-electron chi connectivity index (χ3n) is 4.02. The fraction of sp³-hybridized carbons (Fsp3) is 0.150. The third kappa shape index (κ3) is 4.34. The van der Waals surface area contributed by atoms with Gasteiger partial charge in [0, 0.05) is 24.5 Å². The third-order valence-corrected chi connectivity index (χ3v) is 4.27. The summed E-state index contributed by atoms with van der Waals surface area (Å²) >= 11 is 5.16. The molecule has 3 aromatic rings. The summed E-state index contributed by atoms with van der Waals surface area (Å²) < 4.78 is 5.68. The second-order valence-electron chi connectivity index (χ2n) is 5.96. The number of hydrogen-bond acceptors (Lipinski definition) is 4. The summed E-state index contributed by atoms with van der Waals surface area (Å²) in [4.78, 5) is 16.3. The second-order valence-corrected chi connectivity index (χ2v) is 6.37. The van der Waals surface area contributed by atoms with Crippen LogP contribution >= 0.6 is 12.2 Å². The Labute approximate surface area is 157 Å². The van der Waals surface area contributed by atoms with Crippen molar-refractivity contribution in [3.8, 4) is 11.3 Å². The molecule has 5 nitrogen and oxygen atoms in total. The van der Waals surface area contributed by atoms with Gasteiger partial charge in [0.25, 0.3) is 5.91 Å². The van der Waals surface area contributed by atoms with Gasteiger partial charge in [0.15, 0.2) is 10.9 Å². The molecule has 2 heterocycles. The van der Waals surface area contributed by atoms with E-state index >= 15 is 0 Å². The standard InChI is InChI=1S/C20H19N3O2S/c1-13-5-6-16(10-14(13)2)17-7-8-18(25-17)19(24)23-20(26)22-12-15-4-3-9-21-11-15/h3-11H,12H2,1-2H3,(H2,22,23,24,26). The number of furan rings is 1. The molecule has 2 N–H and O–H groups in total. The molecule has 0 bridgehead atoms. The van der Waals surface area contributed by atoms with Crippen molar-refractivity contribution < 1.29 is 9.21 Å². The first-order valence-corrected chi connectivity index (χ1v) is 8.59. The van der Waals surface area contributed by atoms with Crippen LogP contribution in [0.2, 0.25) is 0 Å². The first kappa shape index (κ1) is 17.8. The van der Waals surface area contributed by atoms with Gasteiger partial charge in [-0.3, -0.25) is 15.1 Å². The van der Waals surface area contributed by atoms with E-state index in [0.29, 0.717) is 12.3 Å². The molecule has 0 fully saturated rings. The molecule has 26 heavy (non-hydrogen) atoms. The molecule has 0 saturated heterocycles. The Hall–Kier alpha value is -2.99. The molecule has 0 aliphatic carbocycles.